The molecule has 0 fully saturated rings. The van der Waals surface area contributed by atoms with E-state index in [9.17, 15) is 4.39 Å². The van der Waals surface area contributed by atoms with E-state index in [1.807, 2.05) is 6.07 Å². The van der Waals surface area contributed by atoms with Gasteiger partial charge in [0.1, 0.15) is 18.2 Å². The Morgan fingerprint density at radius 2 is 2.00 bits per heavy atom. The van der Waals surface area contributed by atoms with Crippen molar-refractivity contribution < 1.29 is 9.13 Å². The fraction of sp³-hybridized carbons (Fsp3) is 0.231. The maximum Gasteiger partial charge on any atom is 0.145 e. The van der Waals surface area contributed by atoms with Gasteiger partial charge in [0, 0.05) is 15.8 Å². The van der Waals surface area contributed by atoms with E-state index in [2.05, 4.69) is 13.0 Å². The van der Waals surface area contributed by atoms with Crippen molar-refractivity contribution in [2.75, 3.05) is 5.73 Å². The van der Waals surface area contributed by atoms with Crippen LogP contribution in [-0.4, -0.2) is 0 Å². The first-order valence-electron chi connectivity index (χ1n) is 5.44. The van der Waals surface area contributed by atoms with Crippen LogP contribution in [0.2, 0.25) is 0 Å². The lowest BCUT2D eigenvalue weighted by Gasteiger charge is -2.07. The zero-order chi connectivity index (χ0) is 12.3. The van der Waals surface area contributed by atoms with Crippen molar-refractivity contribution in [2.24, 2.45) is 0 Å². The molecule has 2 rings (SSSR count). The van der Waals surface area contributed by atoms with Crippen LogP contribution in [0.3, 0.4) is 0 Å². The Kier molecular flexibility index (Phi) is 3.64. The molecule has 1 aromatic carbocycles. The number of nitrogens with two attached hydrogens (primary N) is 1. The van der Waals surface area contributed by atoms with Crippen molar-refractivity contribution in [2.45, 2.75) is 20.0 Å². The van der Waals surface area contributed by atoms with Crippen molar-refractivity contribution >= 4 is 17.0 Å². The molecule has 0 saturated carbocycles. The number of aryl methyl sites for hydroxylation is 1. The number of ether oxygens (including phenoxy) is 1. The second-order valence-electron chi connectivity index (χ2n) is 3.69. The summed E-state index contributed by atoms with van der Waals surface area (Å²) in [6, 6.07) is 8.25. The SMILES string of the molecule is CCc1ccc(COc2cc(F)ccc2N)s1. The average molecular weight is 251 g/mol. The number of rotatable bonds is 4. The van der Waals surface area contributed by atoms with Crippen molar-refractivity contribution in [1.29, 1.82) is 0 Å². The molecule has 1 heterocycles. The zero-order valence-electron chi connectivity index (χ0n) is 9.57. The van der Waals surface area contributed by atoms with Gasteiger partial charge in [0.2, 0.25) is 0 Å². The largest absolute Gasteiger partial charge is 0.486 e. The minimum atomic E-state index is -0.338. The molecule has 0 spiro atoms. The first kappa shape index (κ1) is 11.9. The highest BCUT2D eigenvalue weighted by atomic mass is 32.1. The number of anilines is 1. The molecule has 0 saturated heterocycles. The van der Waals surface area contributed by atoms with Gasteiger partial charge in [0.05, 0.1) is 5.69 Å². The molecule has 0 radical (unpaired) electrons. The lowest BCUT2D eigenvalue weighted by molar-refractivity contribution is 0.310. The van der Waals surface area contributed by atoms with Gasteiger partial charge in [-0.15, -0.1) is 11.3 Å². The summed E-state index contributed by atoms with van der Waals surface area (Å²) in [4.78, 5) is 2.43. The molecule has 0 aliphatic heterocycles. The summed E-state index contributed by atoms with van der Waals surface area (Å²) in [5.41, 5.74) is 6.15. The van der Waals surface area contributed by atoms with Gasteiger partial charge < -0.3 is 10.5 Å². The van der Waals surface area contributed by atoms with Gasteiger partial charge in [-0.2, -0.15) is 0 Å². The molecule has 0 aliphatic carbocycles. The third kappa shape index (κ3) is 2.97. The highest BCUT2D eigenvalue weighted by Gasteiger charge is 2.04. The zero-order valence-corrected chi connectivity index (χ0v) is 10.4. The number of hydrogen-bond donors (Lipinski definition) is 1. The molecule has 4 heteroatoms. The van der Waals surface area contributed by atoms with Gasteiger partial charge in [0.25, 0.3) is 0 Å². The Morgan fingerprint density at radius 1 is 1.24 bits per heavy atom. The summed E-state index contributed by atoms with van der Waals surface area (Å²) in [6.45, 7) is 2.54. The second kappa shape index (κ2) is 5.19. The van der Waals surface area contributed by atoms with Gasteiger partial charge >= 0.3 is 0 Å². The predicted molar refractivity (Wildman–Crippen MR) is 68.8 cm³/mol. The number of hydrogen-bond acceptors (Lipinski definition) is 3. The average Bonchev–Trinajstić information content (AvgIpc) is 2.78. The topological polar surface area (TPSA) is 35.2 Å². The van der Waals surface area contributed by atoms with Gasteiger partial charge in [0.15, 0.2) is 0 Å². The summed E-state index contributed by atoms with van der Waals surface area (Å²) >= 11 is 1.70. The lowest BCUT2D eigenvalue weighted by atomic mass is 10.3. The summed E-state index contributed by atoms with van der Waals surface area (Å²) in [5, 5.41) is 0. The van der Waals surface area contributed by atoms with Crippen LogP contribution < -0.4 is 10.5 Å². The monoisotopic (exact) mass is 251 g/mol. The Morgan fingerprint density at radius 3 is 2.71 bits per heavy atom. The molecule has 2 nitrogen and oxygen atoms in total. The van der Waals surface area contributed by atoms with E-state index in [-0.39, 0.29) is 5.82 Å². The lowest BCUT2D eigenvalue weighted by Crippen LogP contribution is -1.97. The van der Waals surface area contributed by atoms with E-state index < -0.39 is 0 Å². The second-order valence-corrected chi connectivity index (χ2v) is 4.95. The molecule has 1 aromatic heterocycles. The fourth-order valence-corrected chi connectivity index (χ4v) is 2.34. The van der Waals surface area contributed by atoms with Crippen LogP contribution in [0.25, 0.3) is 0 Å². The first-order chi connectivity index (χ1) is 8.19. The maximum atomic E-state index is 13.0. The molecule has 0 unspecified atom stereocenters. The van der Waals surface area contributed by atoms with Gasteiger partial charge in [-0.05, 0) is 30.7 Å². The molecule has 90 valence electrons. The highest BCUT2D eigenvalue weighted by molar-refractivity contribution is 7.11. The standard InChI is InChI=1S/C13H14FNOS/c1-2-10-4-5-11(17-10)8-16-13-7-9(14)3-6-12(13)15/h3-7H,2,8,15H2,1H3. The first-order valence-corrected chi connectivity index (χ1v) is 6.26. The van der Waals surface area contributed by atoms with E-state index in [0.717, 1.165) is 11.3 Å². The third-order valence-corrected chi connectivity index (χ3v) is 3.61. The van der Waals surface area contributed by atoms with E-state index in [1.165, 1.54) is 23.1 Å². The third-order valence-electron chi connectivity index (χ3n) is 2.41. The smallest absolute Gasteiger partial charge is 0.145 e. The van der Waals surface area contributed by atoms with Crippen LogP contribution in [0, 0.1) is 5.82 Å². The van der Waals surface area contributed by atoms with E-state index in [0.29, 0.717) is 18.0 Å². The summed E-state index contributed by atoms with van der Waals surface area (Å²) < 4.78 is 18.5. The molecule has 17 heavy (non-hydrogen) atoms. The molecular formula is C13H14FNOS. The van der Waals surface area contributed by atoms with Crippen LogP contribution in [0.15, 0.2) is 30.3 Å². The molecule has 0 amide bonds. The van der Waals surface area contributed by atoms with E-state index in [1.54, 1.807) is 11.3 Å². The molecule has 2 N–H and O–H groups in total. The van der Waals surface area contributed by atoms with Crippen LogP contribution in [-0.2, 0) is 13.0 Å². The Balaban J connectivity index is 2.04. The Labute approximate surface area is 104 Å². The highest BCUT2D eigenvalue weighted by Crippen LogP contribution is 2.24. The Hall–Kier alpha value is -1.55. The predicted octanol–water partition coefficient (Wildman–Crippen LogP) is 3.61. The maximum absolute atomic E-state index is 13.0. The fourth-order valence-electron chi connectivity index (χ4n) is 1.47. The van der Waals surface area contributed by atoms with Gasteiger partial charge in [-0.1, -0.05) is 6.92 Å². The van der Waals surface area contributed by atoms with Crippen LogP contribution in [0.4, 0.5) is 10.1 Å². The van der Waals surface area contributed by atoms with Gasteiger partial charge in [-0.25, -0.2) is 4.39 Å². The summed E-state index contributed by atoms with van der Waals surface area (Å²) in [5.74, 6) is 0.0612. The van der Waals surface area contributed by atoms with Crippen molar-refractivity contribution in [3.8, 4) is 5.75 Å². The van der Waals surface area contributed by atoms with Gasteiger partial charge in [-0.3, -0.25) is 0 Å². The summed E-state index contributed by atoms with van der Waals surface area (Å²) in [6.07, 6.45) is 1.02. The van der Waals surface area contributed by atoms with Crippen molar-refractivity contribution in [1.82, 2.24) is 0 Å². The van der Waals surface area contributed by atoms with Crippen LogP contribution >= 0.6 is 11.3 Å². The van der Waals surface area contributed by atoms with Crippen LogP contribution in [0.1, 0.15) is 16.7 Å². The van der Waals surface area contributed by atoms with E-state index in [4.69, 9.17) is 10.5 Å². The quantitative estimate of drug-likeness (QED) is 0.842. The van der Waals surface area contributed by atoms with E-state index >= 15 is 0 Å². The number of halogens is 1. The number of thiophene rings is 1. The summed E-state index contributed by atoms with van der Waals surface area (Å²) in [7, 11) is 0. The number of benzene rings is 1. The molecule has 0 aliphatic rings. The molecule has 0 bridgehead atoms. The molecule has 0 atom stereocenters. The van der Waals surface area contributed by atoms with Crippen molar-refractivity contribution in [3.05, 3.63) is 45.9 Å². The number of nitrogen functional groups attached to an aromatic ring is 1. The minimum absolute atomic E-state index is 0.338. The molecule has 2 aromatic rings. The van der Waals surface area contributed by atoms with Crippen molar-refractivity contribution in [3.63, 3.8) is 0 Å². The van der Waals surface area contributed by atoms with Crippen LogP contribution in [0.5, 0.6) is 5.75 Å². The normalized spacial score (nSPS) is 10.5. The minimum Gasteiger partial charge on any atom is -0.486 e. The Bertz CT molecular complexity index is 510. The molecular weight excluding hydrogens is 237 g/mol.